The van der Waals surface area contributed by atoms with E-state index in [4.69, 9.17) is 0 Å². The summed E-state index contributed by atoms with van der Waals surface area (Å²) in [6.45, 7) is 6.02. The molecule has 0 saturated carbocycles. The van der Waals surface area contributed by atoms with E-state index in [1.54, 1.807) is 0 Å². The van der Waals surface area contributed by atoms with Gasteiger partial charge in [0.05, 0.1) is 11.0 Å². The molecular weight excluding hydrogens is 472 g/mol. The van der Waals surface area contributed by atoms with Crippen LogP contribution in [0.25, 0.3) is 66.0 Å². The molecule has 0 saturated heterocycles. The number of rotatable bonds is 5. The summed E-state index contributed by atoms with van der Waals surface area (Å²) in [5.41, 5.74) is 10.6. The maximum Gasteiger partial charge on any atom is 0.0541 e. The molecule has 0 unspecified atom stereocenters. The van der Waals surface area contributed by atoms with Crippen LogP contribution in [-0.2, 0) is 0 Å². The summed E-state index contributed by atoms with van der Waals surface area (Å²) >= 11 is 0. The first kappa shape index (κ1) is 23.1. The second-order valence-electron chi connectivity index (χ2n) is 9.91. The SMILES string of the molecule is C=C/C(=C\C=C/C)c1ccc(-n2c3ccccc3c3cc(-c4ccc5[nH]c6ccccc6c5c4)ccc32)cc1. The molecule has 0 bridgehead atoms. The number of nitrogens with one attached hydrogen (secondary N) is 1. The van der Waals surface area contributed by atoms with Crippen LogP contribution in [0.2, 0.25) is 0 Å². The molecule has 0 fully saturated rings. The highest BCUT2D eigenvalue weighted by molar-refractivity contribution is 6.11. The van der Waals surface area contributed by atoms with Gasteiger partial charge in [0.2, 0.25) is 0 Å². The van der Waals surface area contributed by atoms with Crippen molar-refractivity contribution in [2.75, 3.05) is 0 Å². The Morgan fingerprint density at radius 1 is 0.667 bits per heavy atom. The predicted molar refractivity (Wildman–Crippen MR) is 169 cm³/mol. The maximum atomic E-state index is 4.00. The van der Waals surface area contributed by atoms with Crippen molar-refractivity contribution in [3.8, 4) is 16.8 Å². The maximum absolute atomic E-state index is 4.00. The molecule has 0 radical (unpaired) electrons. The van der Waals surface area contributed by atoms with Crippen molar-refractivity contribution in [2.45, 2.75) is 6.92 Å². The third-order valence-corrected chi connectivity index (χ3v) is 7.66. The number of hydrogen-bond donors (Lipinski definition) is 1. The zero-order valence-corrected chi connectivity index (χ0v) is 21.9. The molecule has 7 rings (SSSR count). The quantitative estimate of drug-likeness (QED) is 0.227. The molecule has 0 spiro atoms. The molecular formula is C37H28N2. The van der Waals surface area contributed by atoms with E-state index in [1.165, 1.54) is 54.7 Å². The van der Waals surface area contributed by atoms with Gasteiger partial charge < -0.3 is 9.55 Å². The van der Waals surface area contributed by atoms with E-state index in [-0.39, 0.29) is 0 Å². The van der Waals surface area contributed by atoms with Gasteiger partial charge in [-0.3, -0.25) is 0 Å². The molecule has 0 aliphatic heterocycles. The van der Waals surface area contributed by atoms with Crippen molar-refractivity contribution >= 4 is 49.2 Å². The normalized spacial score (nSPS) is 12.4. The summed E-state index contributed by atoms with van der Waals surface area (Å²) in [7, 11) is 0. The highest BCUT2D eigenvalue weighted by Gasteiger charge is 2.14. The molecule has 0 aliphatic rings. The Hall–Kier alpha value is -5.08. The number of nitrogens with zero attached hydrogens (tertiary/aromatic N) is 1. The highest BCUT2D eigenvalue weighted by Crippen LogP contribution is 2.36. The van der Waals surface area contributed by atoms with E-state index in [0.717, 1.165) is 16.8 Å². The van der Waals surface area contributed by atoms with Crippen LogP contribution in [0.1, 0.15) is 12.5 Å². The monoisotopic (exact) mass is 500 g/mol. The van der Waals surface area contributed by atoms with E-state index in [9.17, 15) is 0 Å². The first-order valence-corrected chi connectivity index (χ1v) is 13.4. The molecule has 0 atom stereocenters. The average Bonchev–Trinajstić information content (AvgIpc) is 3.53. The summed E-state index contributed by atoms with van der Waals surface area (Å²) < 4.78 is 2.37. The van der Waals surface area contributed by atoms with Crippen LogP contribution >= 0.6 is 0 Å². The van der Waals surface area contributed by atoms with Gasteiger partial charge >= 0.3 is 0 Å². The van der Waals surface area contributed by atoms with Gasteiger partial charge in [-0.1, -0.05) is 91.5 Å². The lowest BCUT2D eigenvalue weighted by atomic mass is 10.0. The minimum Gasteiger partial charge on any atom is -0.355 e. The average molecular weight is 501 g/mol. The van der Waals surface area contributed by atoms with Gasteiger partial charge in [-0.2, -0.15) is 0 Å². The van der Waals surface area contributed by atoms with Crippen LogP contribution < -0.4 is 0 Å². The number of para-hydroxylation sites is 2. The van der Waals surface area contributed by atoms with E-state index >= 15 is 0 Å². The molecule has 1 N–H and O–H groups in total. The van der Waals surface area contributed by atoms with Gasteiger partial charge in [0.1, 0.15) is 0 Å². The second-order valence-corrected chi connectivity index (χ2v) is 9.91. The van der Waals surface area contributed by atoms with Gasteiger partial charge in [0, 0.05) is 38.3 Å². The van der Waals surface area contributed by atoms with Crippen molar-refractivity contribution in [1.29, 1.82) is 0 Å². The summed E-state index contributed by atoms with van der Waals surface area (Å²) in [6, 6.07) is 39.5. The zero-order valence-electron chi connectivity index (χ0n) is 21.9. The second kappa shape index (κ2) is 9.34. The third-order valence-electron chi connectivity index (χ3n) is 7.66. The topological polar surface area (TPSA) is 20.7 Å². The van der Waals surface area contributed by atoms with E-state index in [1.807, 2.05) is 25.2 Å². The summed E-state index contributed by atoms with van der Waals surface area (Å²) in [4.78, 5) is 3.54. The first-order valence-electron chi connectivity index (χ1n) is 13.4. The molecule has 39 heavy (non-hydrogen) atoms. The molecule has 2 nitrogen and oxygen atoms in total. The number of allylic oxidation sites excluding steroid dienone is 5. The van der Waals surface area contributed by atoms with Crippen molar-refractivity contribution in [1.82, 2.24) is 9.55 Å². The number of aromatic amines is 1. The number of benzene rings is 5. The van der Waals surface area contributed by atoms with Gasteiger partial charge in [-0.25, -0.2) is 0 Å². The molecule has 0 amide bonds. The Morgan fingerprint density at radius 2 is 1.33 bits per heavy atom. The molecule has 0 aliphatic carbocycles. The molecule has 186 valence electrons. The highest BCUT2D eigenvalue weighted by atomic mass is 15.0. The number of H-pyrrole nitrogens is 1. The predicted octanol–water partition coefficient (Wildman–Crippen LogP) is 10.2. The minimum atomic E-state index is 1.11. The van der Waals surface area contributed by atoms with E-state index in [2.05, 4.69) is 131 Å². The van der Waals surface area contributed by atoms with Gasteiger partial charge in [0.25, 0.3) is 0 Å². The van der Waals surface area contributed by atoms with Crippen LogP contribution in [0.3, 0.4) is 0 Å². The van der Waals surface area contributed by atoms with Crippen LogP contribution in [0.5, 0.6) is 0 Å². The lowest BCUT2D eigenvalue weighted by Crippen LogP contribution is -1.94. The van der Waals surface area contributed by atoms with Crippen molar-refractivity contribution in [3.63, 3.8) is 0 Å². The fourth-order valence-corrected chi connectivity index (χ4v) is 5.74. The summed E-state index contributed by atoms with van der Waals surface area (Å²) in [5.74, 6) is 0. The van der Waals surface area contributed by atoms with Crippen molar-refractivity contribution in [3.05, 3.63) is 146 Å². The Bertz CT molecular complexity index is 2080. The zero-order chi connectivity index (χ0) is 26.3. The Labute approximate surface area is 227 Å². The summed E-state index contributed by atoms with van der Waals surface area (Å²) in [5, 5.41) is 5.03. The Kier molecular flexibility index (Phi) is 5.53. The van der Waals surface area contributed by atoms with E-state index < -0.39 is 0 Å². The van der Waals surface area contributed by atoms with Crippen LogP contribution in [0, 0.1) is 0 Å². The van der Waals surface area contributed by atoms with Gasteiger partial charge in [-0.15, -0.1) is 0 Å². The fraction of sp³-hybridized carbons (Fsp3) is 0.0270. The van der Waals surface area contributed by atoms with Crippen LogP contribution in [-0.4, -0.2) is 9.55 Å². The number of hydrogen-bond acceptors (Lipinski definition) is 0. The number of aromatic nitrogens is 2. The third kappa shape index (κ3) is 3.81. The Balaban J connectivity index is 1.37. The lowest BCUT2D eigenvalue weighted by Gasteiger charge is -2.10. The minimum absolute atomic E-state index is 1.11. The number of fused-ring (bicyclic) bond motifs is 6. The van der Waals surface area contributed by atoms with Crippen LogP contribution in [0.4, 0.5) is 0 Å². The van der Waals surface area contributed by atoms with Gasteiger partial charge in [-0.05, 0) is 77.7 Å². The van der Waals surface area contributed by atoms with Crippen molar-refractivity contribution < 1.29 is 0 Å². The molecule has 7 aromatic rings. The molecule has 2 heteroatoms. The van der Waals surface area contributed by atoms with Gasteiger partial charge in [0.15, 0.2) is 0 Å². The smallest absolute Gasteiger partial charge is 0.0541 e. The lowest BCUT2D eigenvalue weighted by molar-refractivity contribution is 1.18. The first-order chi connectivity index (χ1) is 19.2. The fourth-order valence-electron chi connectivity index (χ4n) is 5.74. The molecule has 2 heterocycles. The van der Waals surface area contributed by atoms with E-state index in [0.29, 0.717) is 0 Å². The van der Waals surface area contributed by atoms with Crippen molar-refractivity contribution in [2.24, 2.45) is 0 Å². The Morgan fingerprint density at radius 3 is 2.13 bits per heavy atom. The standard InChI is InChI=1S/C37H28N2/c1-3-5-10-25(4-2)26-15-19-29(20-16-26)39-36-14-9-7-12-31(36)33-24-28(18-22-37(33)39)27-17-21-35-32(23-27)30-11-6-8-13-34(30)38-35/h3-24,38H,2H2,1H3/b5-3-,25-10+. The summed E-state index contributed by atoms with van der Waals surface area (Å²) in [6.07, 6.45) is 8.08. The van der Waals surface area contributed by atoms with Crippen LogP contribution in [0.15, 0.2) is 140 Å². The molecule has 2 aromatic heterocycles. The largest absolute Gasteiger partial charge is 0.355 e. The molecule has 5 aromatic carbocycles.